The molecule has 1 aromatic rings. The van der Waals surface area contributed by atoms with Crippen LogP contribution in [0.1, 0.15) is 32.3 Å². The molecule has 0 fully saturated rings. The summed E-state index contributed by atoms with van der Waals surface area (Å²) >= 11 is 0. The third kappa shape index (κ3) is 8.66. The van der Waals surface area contributed by atoms with Crippen LogP contribution in [-0.2, 0) is 20.9 Å². The lowest BCUT2D eigenvalue weighted by Crippen LogP contribution is -2.35. The van der Waals surface area contributed by atoms with E-state index in [1.807, 2.05) is 30.3 Å². The number of amides is 1. The number of ether oxygens (including phenoxy) is 2. The maximum absolute atomic E-state index is 11.9. The number of benzene rings is 1. The highest BCUT2D eigenvalue weighted by molar-refractivity contribution is 5.81. The van der Waals surface area contributed by atoms with Crippen molar-refractivity contribution < 1.29 is 19.1 Å². The minimum Gasteiger partial charge on any atom is -0.466 e. The molecule has 1 N–H and O–H groups in total. The highest BCUT2D eigenvalue weighted by Crippen LogP contribution is 2.09. The summed E-state index contributed by atoms with van der Waals surface area (Å²) in [6.07, 6.45) is 3.96. The Bertz CT molecular complexity index is 511. The molecule has 1 amide bonds. The van der Waals surface area contributed by atoms with E-state index in [1.165, 1.54) is 13.2 Å². The summed E-state index contributed by atoms with van der Waals surface area (Å²) in [7, 11) is 1.33. The molecule has 0 radical (unpaired) electrons. The molecule has 126 valence electrons. The van der Waals surface area contributed by atoms with Crippen molar-refractivity contribution in [2.75, 3.05) is 7.11 Å². The highest BCUT2D eigenvalue weighted by Gasteiger charge is 2.14. The number of nitrogens with one attached hydrogen (secondary N) is 1. The zero-order valence-corrected chi connectivity index (χ0v) is 14.0. The summed E-state index contributed by atoms with van der Waals surface area (Å²) in [6.45, 7) is 4.39. The molecule has 0 spiro atoms. The first-order valence-corrected chi connectivity index (χ1v) is 7.73. The van der Waals surface area contributed by atoms with Gasteiger partial charge in [0.05, 0.1) is 7.11 Å². The van der Waals surface area contributed by atoms with Gasteiger partial charge in [-0.05, 0) is 24.3 Å². The van der Waals surface area contributed by atoms with Gasteiger partial charge in [0.2, 0.25) is 0 Å². The Morgan fingerprint density at radius 1 is 1.22 bits per heavy atom. The second-order valence-corrected chi connectivity index (χ2v) is 5.69. The largest absolute Gasteiger partial charge is 0.466 e. The zero-order valence-electron chi connectivity index (χ0n) is 14.0. The minimum absolute atomic E-state index is 0.0841. The van der Waals surface area contributed by atoms with E-state index in [2.05, 4.69) is 23.9 Å². The van der Waals surface area contributed by atoms with E-state index in [9.17, 15) is 9.59 Å². The van der Waals surface area contributed by atoms with E-state index in [0.717, 1.165) is 12.0 Å². The number of hydrogen-bond acceptors (Lipinski definition) is 4. The van der Waals surface area contributed by atoms with Gasteiger partial charge in [0.15, 0.2) is 0 Å². The Labute approximate surface area is 137 Å². The molecule has 0 saturated carbocycles. The first-order valence-electron chi connectivity index (χ1n) is 7.73. The molecule has 1 atom stereocenters. The lowest BCUT2D eigenvalue weighted by molar-refractivity contribution is -0.134. The predicted molar refractivity (Wildman–Crippen MR) is 88.8 cm³/mol. The molecule has 1 rings (SSSR count). The number of methoxy groups -OCH3 is 1. The second kappa shape index (κ2) is 10.4. The van der Waals surface area contributed by atoms with E-state index in [-0.39, 0.29) is 12.6 Å². The Morgan fingerprint density at radius 3 is 2.52 bits per heavy atom. The van der Waals surface area contributed by atoms with Crippen molar-refractivity contribution in [2.24, 2.45) is 5.92 Å². The van der Waals surface area contributed by atoms with E-state index in [1.54, 1.807) is 6.08 Å². The molecule has 0 heterocycles. The number of carbonyl (C=O) groups excluding carboxylic acids is 2. The maximum Gasteiger partial charge on any atom is 0.407 e. The maximum atomic E-state index is 11.9. The van der Waals surface area contributed by atoms with E-state index < -0.39 is 12.1 Å². The Hall–Kier alpha value is -2.30. The number of hydrogen-bond donors (Lipinski definition) is 1. The number of rotatable bonds is 8. The fourth-order valence-electron chi connectivity index (χ4n) is 2.11. The van der Waals surface area contributed by atoms with Crippen LogP contribution in [-0.4, -0.2) is 25.2 Å². The lowest BCUT2D eigenvalue weighted by Gasteiger charge is -2.19. The van der Waals surface area contributed by atoms with Gasteiger partial charge in [-0.15, -0.1) is 0 Å². The average Bonchev–Trinajstić information content (AvgIpc) is 2.53. The molecule has 0 saturated heterocycles. The smallest absolute Gasteiger partial charge is 0.407 e. The third-order valence-corrected chi connectivity index (χ3v) is 3.17. The molecule has 0 aromatic heterocycles. The first-order chi connectivity index (χ1) is 11.0. The van der Waals surface area contributed by atoms with Crippen LogP contribution < -0.4 is 5.32 Å². The first kappa shape index (κ1) is 18.7. The molecular formula is C18H25NO4. The fourth-order valence-corrected chi connectivity index (χ4v) is 2.11. The Morgan fingerprint density at radius 2 is 1.91 bits per heavy atom. The molecule has 0 aliphatic rings. The van der Waals surface area contributed by atoms with Gasteiger partial charge in [0.1, 0.15) is 6.61 Å². The molecule has 5 heteroatoms. The van der Waals surface area contributed by atoms with Gasteiger partial charge >= 0.3 is 12.1 Å². The molecular weight excluding hydrogens is 294 g/mol. The number of esters is 1. The molecule has 0 bridgehead atoms. The lowest BCUT2D eigenvalue weighted by atomic mass is 10.0. The van der Waals surface area contributed by atoms with Crippen molar-refractivity contribution in [1.29, 1.82) is 0 Å². The monoisotopic (exact) mass is 319 g/mol. The summed E-state index contributed by atoms with van der Waals surface area (Å²) in [6, 6.07) is 9.43. The number of carbonyl (C=O) groups is 2. The van der Waals surface area contributed by atoms with Gasteiger partial charge in [-0.1, -0.05) is 50.3 Å². The van der Waals surface area contributed by atoms with Crippen molar-refractivity contribution >= 4 is 12.1 Å². The van der Waals surface area contributed by atoms with Crippen molar-refractivity contribution in [3.63, 3.8) is 0 Å². The van der Waals surface area contributed by atoms with E-state index in [4.69, 9.17) is 4.74 Å². The van der Waals surface area contributed by atoms with Crippen molar-refractivity contribution in [2.45, 2.75) is 39.3 Å². The summed E-state index contributed by atoms with van der Waals surface area (Å²) < 4.78 is 9.77. The van der Waals surface area contributed by atoms with Crippen LogP contribution >= 0.6 is 0 Å². The van der Waals surface area contributed by atoms with Gasteiger partial charge in [0, 0.05) is 12.1 Å². The van der Waals surface area contributed by atoms with E-state index in [0.29, 0.717) is 12.3 Å². The van der Waals surface area contributed by atoms with Crippen LogP contribution in [0.25, 0.3) is 0 Å². The SMILES string of the molecule is COC(=O)/C=C\C[C@H](CC(C)C)NC(=O)OCc1ccccc1. The van der Waals surface area contributed by atoms with Crippen LogP contribution in [0.3, 0.4) is 0 Å². The van der Waals surface area contributed by atoms with Gasteiger partial charge in [-0.3, -0.25) is 0 Å². The average molecular weight is 319 g/mol. The van der Waals surface area contributed by atoms with Gasteiger partial charge in [-0.25, -0.2) is 9.59 Å². The van der Waals surface area contributed by atoms with E-state index >= 15 is 0 Å². The van der Waals surface area contributed by atoms with Crippen LogP contribution in [0, 0.1) is 5.92 Å². The topological polar surface area (TPSA) is 64.6 Å². The van der Waals surface area contributed by atoms with Gasteiger partial charge in [0.25, 0.3) is 0 Å². The normalized spacial score (nSPS) is 12.2. The van der Waals surface area contributed by atoms with Gasteiger partial charge in [-0.2, -0.15) is 0 Å². The molecule has 0 unspecified atom stereocenters. The molecule has 23 heavy (non-hydrogen) atoms. The Balaban J connectivity index is 2.46. The number of alkyl carbamates (subject to hydrolysis) is 1. The molecule has 1 aromatic carbocycles. The molecule has 5 nitrogen and oxygen atoms in total. The molecule has 0 aliphatic carbocycles. The van der Waals surface area contributed by atoms with Crippen LogP contribution in [0.5, 0.6) is 0 Å². The minimum atomic E-state index is -0.453. The van der Waals surface area contributed by atoms with Gasteiger partial charge < -0.3 is 14.8 Å². The van der Waals surface area contributed by atoms with Crippen molar-refractivity contribution in [3.8, 4) is 0 Å². The zero-order chi connectivity index (χ0) is 17.1. The fraction of sp³-hybridized carbons (Fsp3) is 0.444. The van der Waals surface area contributed by atoms with Crippen molar-refractivity contribution in [3.05, 3.63) is 48.0 Å². The van der Waals surface area contributed by atoms with Crippen LogP contribution in [0.2, 0.25) is 0 Å². The summed E-state index contributed by atoms with van der Waals surface area (Å²) in [4.78, 5) is 23.0. The standard InChI is InChI=1S/C18H25NO4/c1-14(2)12-16(10-7-11-17(20)22-3)19-18(21)23-13-15-8-5-4-6-9-15/h4-9,11,14,16H,10,12-13H2,1-3H3,(H,19,21)/b11-7-/t16-/m1/s1. The van der Waals surface area contributed by atoms with Crippen LogP contribution in [0.4, 0.5) is 4.79 Å². The quantitative estimate of drug-likeness (QED) is 0.589. The summed E-state index contributed by atoms with van der Waals surface area (Å²) in [5.74, 6) is 0.0147. The summed E-state index contributed by atoms with van der Waals surface area (Å²) in [5, 5.41) is 2.85. The molecule has 0 aliphatic heterocycles. The van der Waals surface area contributed by atoms with Crippen LogP contribution in [0.15, 0.2) is 42.5 Å². The van der Waals surface area contributed by atoms with Crippen molar-refractivity contribution in [1.82, 2.24) is 5.32 Å². The second-order valence-electron chi connectivity index (χ2n) is 5.69. The third-order valence-electron chi connectivity index (χ3n) is 3.17. The predicted octanol–water partition coefficient (Wildman–Crippen LogP) is 3.45. The summed E-state index contributed by atoms with van der Waals surface area (Å²) in [5.41, 5.74) is 0.939. The Kier molecular flexibility index (Phi) is 8.50. The highest BCUT2D eigenvalue weighted by atomic mass is 16.5.